The predicted octanol–water partition coefficient (Wildman–Crippen LogP) is 4.32. The molecule has 2 rings (SSSR count). The van der Waals surface area contributed by atoms with Gasteiger partial charge in [0, 0.05) is 25.7 Å². The van der Waals surface area contributed by atoms with E-state index in [1.54, 1.807) is 11.3 Å². The molecule has 1 N–H and O–H groups in total. The Morgan fingerprint density at radius 2 is 2.05 bits per heavy atom. The normalized spacial score (nSPS) is 11.7. The summed E-state index contributed by atoms with van der Waals surface area (Å²) in [4.78, 5) is 6.83. The van der Waals surface area contributed by atoms with Crippen LogP contribution in [0.2, 0.25) is 5.02 Å². The van der Waals surface area contributed by atoms with Gasteiger partial charge in [-0.1, -0.05) is 11.6 Å². The molecule has 0 aromatic carbocycles. The zero-order chi connectivity index (χ0) is 15.5. The molecular weight excluding hydrogens is 302 g/mol. The number of anilines is 1. The summed E-state index contributed by atoms with van der Waals surface area (Å²) >= 11 is 7.97. The van der Waals surface area contributed by atoms with Gasteiger partial charge >= 0.3 is 0 Å². The van der Waals surface area contributed by atoms with Gasteiger partial charge in [-0.15, -0.1) is 0 Å². The smallest absolute Gasteiger partial charge is 0.129 e. The summed E-state index contributed by atoms with van der Waals surface area (Å²) in [6, 6.07) is 6.03. The van der Waals surface area contributed by atoms with Crippen molar-refractivity contribution in [2.45, 2.75) is 39.4 Å². The third-order valence-corrected chi connectivity index (χ3v) is 4.16. The quantitative estimate of drug-likeness (QED) is 0.888. The number of hydrogen-bond donors (Lipinski definition) is 1. The Morgan fingerprint density at radius 3 is 2.67 bits per heavy atom. The molecule has 0 saturated carbocycles. The van der Waals surface area contributed by atoms with Gasteiger partial charge in [-0.2, -0.15) is 11.3 Å². The van der Waals surface area contributed by atoms with Gasteiger partial charge in [-0.3, -0.25) is 0 Å². The number of hydrogen-bond acceptors (Lipinski definition) is 4. The summed E-state index contributed by atoms with van der Waals surface area (Å²) in [5.74, 6) is 0.941. The Bertz CT molecular complexity index is 576. The van der Waals surface area contributed by atoms with Crippen LogP contribution in [0.5, 0.6) is 0 Å². The second-order valence-corrected chi connectivity index (χ2v) is 7.38. The highest BCUT2D eigenvalue weighted by Gasteiger charge is 2.12. The molecule has 3 nitrogen and oxygen atoms in total. The van der Waals surface area contributed by atoms with Crippen LogP contribution in [0.15, 0.2) is 29.0 Å². The molecular formula is C16H22ClN3S. The van der Waals surface area contributed by atoms with Crippen LogP contribution in [0.3, 0.4) is 0 Å². The van der Waals surface area contributed by atoms with Gasteiger partial charge in [0.25, 0.3) is 0 Å². The molecule has 0 aliphatic heterocycles. The summed E-state index contributed by atoms with van der Waals surface area (Å²) in [7, 11) is 2.05. The van der Waals surface area contributed by atoms with Gasteiger partial charge in [0.05, 0.1) is 10.7 Å². The van der Waals surface area contributed by atoms with Gasteiger partial charge in [0.2, 0.25) is 0 Å². The minimum Gasteiger partial charge on any atom is -0.355 e. The van der Waals surface area contributed by atoms with Crippen molar-refractivity contribution in [1.29, 1.82) is 0 Å². The first-order valence-electron chi connectivity index (χ1n) is 6.98. The fourth-order valence-corrected chi connectivity index (χ4v) is 2.73. The lowest BCUT2D eigenvalue weighted by Crippen LogP contribution is -2.35. The van der Waals surface area contributed by atoms with E-state index >= 15 is 0 Å². The van der Waals surface area contributed by atoms with E-state index in [1.165, 1.54) is 5.56 Å². The monoisotopic (exact) mass is 323 g/mol. The van der Waals surface area contributed by atoms with Crippen molar-refractivity contribution >= 4 is 28.8 Å². The molecule has 0 aliphatic rings. The summed E-state index contributed by atoms with van der Waals surface area (Å²) in [5, 5.41) is 8.39. The molecule has 0 atom stereocenters. The van der Waals surface area contributed by atoms with Gasteiger partial charge in [0.15, 0.2) is 0 Å². The fraction of sp³-hybridized carbons (Fsp3) is 0.438. The molecule has 0 bridgehead atoms. The van der Waals surface area contributed by atoms with Crippen LogP contribution in [-0.4, -0.2) is 17.6 Å². The van der Waals surface area contributed by atoms with E-state index in [0.29, 0.717) is 11.6 Å². The third kappa shape index (κ3) is 4.99. The average Bonchev–Trinajstić information content (AvgIpc) is 2.89. The van der Waals surface area contributed by atoms with Crippen LogP contribution < -0.4 is 10.2 Å². The van der Waals surface area contributed by atoms with Gasteiger partial charge in [-0.25, -0.2) is 4.98 Å². The molecule has 0 aliphatic carbocycles. The number of nitrogens with one attached hydrogen (secondary N) is 1. The number of nitrogens with zero attached hydrogens (tertiary/aromatic N) is 2. The molecule has 2 heterocycles. The Hall–Kier alpha value is -1.10. The molecule has 5 heteroatoms. The van der Waals surface area contributed by atoms with Crippen molar-refractivity contribution in [3.63, 3.8) is 0 Å². The molecule has 0 amide bonds. The maximum atomic E-state index is 6.25. The van der Waals surface area contributed by atoms with E-state index in [-0.39, 0.29) is 5.54 Å². The van der Waals surface area contributed by atoms with Crippen molar-refractivity contribution in [1.82, 2.24) is 10.3 Å². The lowest BCUT2D eigenvalue weighted by Gasteiger charge is -2.22. The number of rotatable bonds is 5. The molecule has 0 radical (unpaired) electrons. The maximum Gasteiger partial charge on any atom is 0.129 e. The van der Waals surface area contributed by atoms with E-state index in [0.717, 1.165) is 18.1 Å². The highest BCUT2D eigenvalue weighted by molar-refractivity contribution is 7.07. The molecule has 2 aromatic heterocycles. The first-order chi connectivity index (χ1) is 9.85. The maximum absolute atomic E-state index is 6.25. The summed E-state index contributed by atoms with van der Waals surface area (Å²) in [5.41, 5.74) is 2.23. The number of pyridine rings is 1. The molecule has 21 heavy (non-hydrogen) atoms. The molecule has 0 spiro atoms. The van der Waals surface area contributed by atoms with Crippen LogP contribution in [0.4, 0.5) is 5.82 Å². The first kappa shape index (κ1) is 16.3. The first-order valence-corrected chi connectivity index (χ1v) is 8.30. The lowest BCUT2D eigenvalue weighted by atomic mass is 10.1. The number of thiophene rings is 1. The fourth-order valence-electron chi connectivity index (χ4n) is 1.90. The highest BCUT2D eigenvalue weighted by Crippen LogP contribution is 2.21. The second-order valence-electron chi connectivity index (χ2n) is 6.19. The average molecular weight is 324 g/mol. The predicted molar refractivity (Wildman–Crippen MR) is 92.3 cm³/mol. The van der Waals surface area contributed by atoms with Gasteiger partial charge < -0.3 is 10.2 Å². The molecule has 0 saturated heterocycles. The van der Waals surface area contributed by atoms with Crippen molar-refractivity contribution < 1.29 is 0 Å². The summed E-state index contributed by atoms with van der Waals surface area (Å²) in [6.07, 6.45) is 0. The van der Waals surface area contributed by atoms with E-state index < -0.39 is 0 Å². The number of aromatic nitrogens is 1. The van der Waals surface area contributed by atoms with Crippen LogP contribution >= 0.6 is 22.9 Å². The van der Waals surface area contributed by atoms with Crippen LogP contribution in [0.1, 0.15) is 32.0 Å². The Balaban J connectivity index is 2.10. The Kier molecular flexibility index (Phi) is 5.25. The van der Waals surface area contributed by atoms with Crippen molar-refractivity contribution in [2.75, 3.05) is 11.9 Å². The minimum absolute atomic E-state index is 0.0452. The largest absolute Gasteiger partial charge is 0.355 e. The molecule has 2 aromatic rings. The minimum atomic E-state index is 0.0452. The van der Waals surface area contributed by atoms with Crippen LogP contribution in [-0.2, 0) is 13.1 Å². The van der Waals surface area contributed by atoms with E-state index in [4.69, 9.17) is 16.6 Å². The zero-order valence-corrected chi connectivity index (χ0v) is 14.6. The topological polar surface area (TPSA) is 28.2 Å². The molecule has 114 valence electrons. The summed E-state index contributed by atoms with van der Waals surface area (Å²) in [6.45, 7) is 7.92. The zero-order valence-electron chi connectivity index (χ0n) is 13.0. The van der Waals surface area contributed by atoms with E-state index in [2.05, 4.69) is 54.9 Å². The van der Waals surface area contributed by atoms with Crippen molar-refractivity contribution in [3.8, 4) is 0 Å². The van der Waals surface area contributed by atoms with E-state index in [9.17, 15) is 0 Å². The van der Waals surface area contributed by atoms with Crippen molar-refractivity contribution in [3.05, 3.63) is 45.2 Å². The van der Waals surface area contributed by atoms with Gasteiger partial charge in [0.1, 0.15) is 5.82 Å². The van der Waals surface area contributed by atoms with Crippen LogP contribution in [0.25, 0.3) is 0 Å². The standard InChI is InChI=1S/C16H22ClN3S/c1-16(2,3)18-9-14-13(17)5-6-15(19-14)20(4)10-12-7-8-21-11-12/h5-8,11,18H,9-10H2,1-4H3. The molecule has 0 unspecified atom stereocenters. The van der Waals surface area contributed by atoms with Gasteiger partial charge in [-0.05, 0) is 55.3 Å². The SMILES string of the molecule is CN(Cc1ccsc1)c1ccc(Cl)c(CNC(C)(C)C)n1. The number of halogens is 1. The molecule has 0 fully saturated rings. The van der Waals surface area contributed by atoms with Crippen molar-refractivity contribution in [2.24, 2.45) is 0 Å². The Morgan fingerprint density at radius 1 is 1.29 bits per heavy atom. The van der Waals surface area contributed by atoms with Crippen LogP contribution in [0, 0.1) is 0 Å². The third-order valence-electron chi connectivity index (χ3n) is 3.08. The Labute approximate surface area is 136 Å². The second kappa shape index (κ2) is 6.77. The lowest BCUT2D eigenvalue weighted by molar-refractivity contribution is 0.421. The highest BCUT2D eigenvalue weighted by atomic mass is 35.5. The summed E-state index contributed by atoms with van der Waals surface area (Å²) < 4.78 is 0. The van der Waals surface area contributed by atoms with E-state index in [1.807, 2.05) is 12.1 Å².